The third-order valence-electron chi connectivity index (χ3n) is 8.86. The van der Waals surface area contributed by atoms with Crippen molar-refractivity contribution in [1.29, 1.82) is 0 Å². The molecule has 0 fully saturated rings. The molecule has 0 aromatic rings. The van der Waals surface area contributed by atoms with Gasteiger partial charge in [0, 0.05) is 0 Å². The second kappa shape index (κ2) is 36.4. The first kappa shape index (κ1) is 39.4. The minimum absolute atomic E-state index is 0.736. The molecule has 0 saturated heterocycles. The molecule has 236 valence electrons. The lowest BCUT2D eigenvalue weighted by Crippen LogP contribution is -2.17. The van der Waals surface area contributed by atoms with E-state index in [0.717, 1.165) is 10.9 Å². The zero-order chi connectivity index (χ0) is 28.3. The Bertz CT molecular complexity index is 382. The molecule has 0 aromatic heterocycles. The number of unbranched alkanes of at least 4 members (excludes halogenated alkanes) is 29. The standard InChI is InChI=1S/C38H79S/c1-4-7-10-13-16-19-22-23-26-29-32-35-38-39(36-33-30-27-24-20-17-14-11-8-5-2)37-34-31-28-25-21-18-15-12-9-6-3/h4-38H2,1-3H3/q+1. The lowest BCUT2D eigenvalue weighted by molar-refractivity contribution is 0.548. The first-order valence-corrected chi connectivity index (χ1v) is 20.7. The van der Waals surface area contributed by atoms with E-state index in [1.807, 2.05) is 0 Å². The topological polar surface area (TPSA) is 0 Å². The van der Waals surface area contributed by atoms with Gasteiger partial charge in [-0.05, 0) is 49.4 Å². The fraction of sp³-hybridized carbons (Fsp3) is 1.00. The zero-order valence-electron chi connectivity index (χ0n) is 28.2. The van der Waals surface area contributed by atoms with Gasteiger partial charge in [-0.15, -0.1) is 0 Å². The number of hydrogen-bond donors (Lipinski definition) is 0. The van der Waals surface area contributed by atoms with Crippen LogP contribution >= 0.6 is 0 Å². The predicted octanol–water partition coefficient (Wildman–Crippen LogP) is 14.1. The third-order valence-corrected chi connectivity index (χ3v) is 11.5. The average Bonchev–Trinajstić information content (AvgIpc) is 2.95. The van der Waals surface area contributed by atoms with Gasteiger partial charge in [-0.2, -0.15) is 0 Å². The van der Waals surface area contributed by atoms with Gasteiger partial charge < -0.3 is 0 Å². The van der Waals surface area contributed by atoms with E-state index in [1.165, 1.54) is 205 Å². The lowest BCUT2D eigenvalue weighted by atomic mass is 10.1. The van der Waals surface area contributed by atoms with Gasteiger partial charge in [0.15, 0.2) is 0 Å². The van der Waals surface area contributed by atoms with Crippen molar-refractivity contribution in [1.82, 2.24) is 0 Å². The molecule has 0 unspecified atom stereocenters. The highest BCUT2D eigenvalue weighted by Gasteiger charge is 2.16. The van der Waals surface area contributed by atoms with E-state index in [9.17, 15) is 0 Å². The molecule has 39 heavy (non-hydrogen) atoms. The minimum atomic E-state index is 0.736. The highest BCUT2D eigenvalue weighted by molar-refractivity contribution is 7.96. The van der Waals surface area contributed by atoms with Crippen molar-refractivity contribution in [3.05, 3.63) is 0 Å². The van der Waals surface area contributed by atoms with Crippen LogP contribution in [0.15, 0.2) is 0 Å². The Morgan fingerprint density at radius 2 is 0.359 bits per heavy atom. The fourth-order valence-electron chi connectivity index (χ4n) is 6.04. The van der Waals surface area contributed by atoms with Crippen molar-refractivity contribution in [2.75, 3.05) is 17.3 Å². The van der Waals surface area contributed by atoms with Gasteiger partial charge in [-0.25, -0.2) is 0 Å². The second-order valence-electron chi connectivity index (χ2n) is 13.0. The summed E-state index contributed by atoms with van der Waals surface area (Å²) in [7, 11) is 0.736. The molecule has 0 rings (SSSR count). The van der Waals surface area contributed by atoms with Gasteiger partial charge in [0.2, 0.25) is 0 Å². The van der Waals surface area contributed by atoms with E-state index >= 15 is 0 Å². The molecule has 0 aliphatic carbocycles. The number of hydrogen-bond acceptors (Lipinski definition) is 0. The Morgan fingerprint density at radius 3 is 0.538 bits per heavy atom. The normalized spacial score (nSPS) is 11.7. The monoisotopic (exact) mass is 568 g/mol. The van der Waals surface area contributed by atoms with Crippen LogP contribution in [0.4, 0.5) is 0 Å². The Hall–Kier alpha value is 0.350. The fourth-order valence-corrected chi connectivity index (χ4v) is 8.49. The van der Waals surface area contributed by atoms with E-state index in [0.29, 0.717) is 0 Å². The maximum atomic E-state index is 2.32. The van der Waals surface area contributed by atoms with E-state index in [2.05, 4.69) is 20.8 Å². The van der Waals surface area contributed by atoms with Crippen molar-refractivity contribution < 1.29 is 0 Å². The summed E-state index contributed by atoms with van der Waals surface area (Å²) < 4.78 is 0. The van der Waals surface area contributed by atoms with Crippen LogP contribution in [0.1, 0.15) is 226 Å². The quantitative estimate of drug-likeness (QED) is 0.0527. The molecule has 0 aliphatic rings. The smallest absolute Gasteiger partial charge is 0.0654 e. The molecule has 0 radical (unpaired) electrons. The Kier molecular flexibility index (Phi) is 36.7. The first-order valence-electron chi connectivity index (χ1n) is 19.0. The molecule has 0 bridgehead atoms. The van der Waals surface area contributed by atoms with Crippen LogP contribution in [-0.4, -0.2) is 17.3 Å². The van der Waals surface area contributed by atoms with Gasteiger partial charge in [0.05, 0.1) is 0 Å². The molecular formula is C38H79S+. The van der Waals surface area contributed by atoms with Gasteiger partial charge in [0.1, 0.15) is 17.3 Å². The van der Waals surface area contributed by atoms with Crippen molar-refractivity contribution >= 4 is 10.9 Å². The molecule has 0 saturated carbocycles. The molecule has 0 atom stereocenters. The van der Waals surface area contributed by atoms with Crippen molar-refractivity contribution in [2.24, 2.45) is 0 Å². The molecular weight excluding hydrogens is 488 g/mol. The van der Waals surface area contributed by atoms with Gasteiger partial charge in [-0.1, -0.05) is 188 Å². The summed E-state index contributed by atoms with van der Waals surface area (Å²) in [6.45, 7) is 6.96. The summed E-state index contributed by atoms with van der Waals surface area (Å²) in [5, 5.41) is 0. The molecule has 0 spiro atoms. The summed E-state index contributed by atoms with van der Waals surface area (Å²) in [5.74, 6) is 4.68. The predicted molar refractivity (Wildman–Crippen MR) is 187 cm³/mol. The van der Waals surface area contributed by atoms with E-state index in [1.54, 1.807) is 17.3 Å². The van der Waals surface area contributed by atoms with Gasteiger partial charge in [-0.3, -0.25) is 0 Å². The number of rotatable bonds is 35. The Balaban J connectivity index is 3.87. The molecule has 0 amide bonds. The zero-order valence-corrected chi connectivity index (χ0v) is 29.0. The molecule has 0 nitrogen and oxygen atoms in total. The summed E-state index contributed by atoms with van der Waals surface area (Å²) >= 11 is 0. The third kappa shape index (κ3) is 34.5. The van der Waals surface area contributed by atoms with Crippen LogP contribution in [0.2, 0.25) is 0 Å². The highest BCUT2D eigenvalue weighted by Crippen LogP contribution is 2.17. The SMILES string of the molecule is CCCCCCCCCCCCCC[S+](CCCCCCCCCCCC)CCCCCCCCCCCC. The van der Waals surface area contributed by atoms with Gasteiger partial charge in [0.25, 0.3) is 0 Å². The van der Waals surface area contributed by atoms with E-state index in [4.69, 9.17) is 0 Å². The van der Waals surface area contributed by atoms with E-state index < -0.39 is 0 Å². The summed E-state index contributed by atoms with van der Waals surface area (Å²) in [5.41, 5.74) is 0. The Labute approximate surface area is 253 Å². The maximum absolute atomic E-state index is 2.32. The highest BCUT2D eigenvalue weighted by atomic mass is 32.2. The summed E-state index contributed by atoms with van der Waals surface area (Å²) in [6.07, 6.45) is 47.3. The maximum Gasteiger partial charge on any atom is 0.108 e. The van der Waals surface area contributed by atoms with Crippen LogP contribution in [-0.2, 0) is 10.9 Å². The van der Waals surface area contributed by atoms with E-state index in [-0.39, 0.29) is 0 Å². The second-order valence-corrected chi connectivity index (χ2v) is 15.4. The van der Waals surface area contributed by atoms with Crippen LogP contribution in [0, 0.1) is 0 Å². The molecule has 0 aromatic carbocycles. The van der Waals surface area contributed by atoms with Crippen LogP contribution in [0.25, 0.3) is 0 Å². The lowest BCUT2D eigenvalue weighted by Gasteiger charge is -2.10. The summed E-state index contributed by atoms with van der Waals surface area (Å²) in [4.78, 5) is 0. The van der Waals surface area contributed by atoms with Crippen LogP contribution < -0.4 is 0 Å². The van der Waals surface area contributed by atoms with Crippen molar-refractivity contribution in [3.63, 3.8) is 0 Å². The van der Waals surface area contributed by atoms with Crippen molar-refractivity contribution in [2.45, 2.75) is 226 Å². The first-order chi connectivity index (χ1) is 19.3. The summed E-state index contributed by atoms with van der Waals surface area (Å²) in [6, 6.07) is 0. The van der Waals surface area contributed by atoms with Crippen LogP contribution in [0.3, 0.4) is 0 Å². The minimum Gasteiger partial charge on any atom is -0.0654 e. The van der Waals surface area contributed by atoms with Gasteiger partial charge >= 0.3 is 0 Å². The largest absolute Gasteiger partial charge is 0.108 e. The average molecular weight is 568 g/mol. The van der Waals surface area contributed by atoms with Crippen LogP contribution in [0.5, 0.6) is 0 Å². The molecule has 0 heterocycles. The molecule has 0 aliphatic heterocycles. The molecule has 1 heteroatoms. The van der Waals surface area contributed by atoms with Crippen molar-refractivity contribution in [3.8, 4) is 0 Å². The Morgan fingerprint density at radius 1 is 0.205 bits per heavy atom. The molecule has 0 N–H and O–H groups in total.